The lowest BCUT2D eigenvalue weighted by atomic mass is 10.2. The first-order valence-corrected chi connectivity index (χ1v) is 4.75. The van der Waals surface area contributed by atoms with E-state index < -0.39 is 0 Å². The van der Waals surface area contributed by atoms with Crippen molar-refractivity contribution >= 4 is 23.4 Å². The number of carbonyl (C=O) groups excluding carboxylic acids is 1. The van der Waals surface area contributed by atoms with Crippen LogP contribution >= 0.6 is 11.8 Å². The molecule has 0 aliphatic carbocycles. The van der Waals surface area contributed by atoms with Crippen molar-refractivity contribution in [3.63, 3.8) is 0 Å². The summed E-state index contributed by atoms with van der Waals surface area (Å²) in [6, 6.07) is 7.47. The van der Waals surface area contributed by atoms with Crippen molar-refractivity contribution < 1.29 is 4.79 Å². The molecule has 1 aromatic rings. The Balaban J connectivity index is 2.54. The van der Waals surface area contributed by atoms with Crippen molar-refractivity contribution in [1.29, 1.82) is 5.26 Å². The smallest absolute Gasteiger partial charge is 0.234 e. The average Bonchev–Trinajstić information content (AvgIpc) is 2.17. The molecule has 1 amide bonds. The van der Waals surface area contributed by atoms with E-state index in [0.29, 0.717) is 17.0 Å². The van der Waals surface area contributed by atoms with Gasteiger partial charge in [-0.1, -0.05) is 6.07 Å². The number of amides is 1. The number of para-hydroxylation sites is 1. The van der Waals surface area contributed by atoms with Crippen LogP contribution in [0.1, 0.15) is 5.56 Å². The van der Waals surface area contributed by atoms with Gasteiger partial charge in [0.1, 0.15) is 6.07 Å². The van der Waals surface area contributed by atoms with Crippen molar-refractivity contribution in [2.45, 2.75) is 4.90 Å². The van der Waals surface area contributed by atoms with E-state index in [2.05, 4.69) is 5.32 Å². The van der Waals surface area contributed by atoms with Crippen LogP contribution in [0, 0.1) is 11.3 Å². The van der Waals surface area contributed by atoms with Gasteiger partial charge < -0.3 is 5.32 Å². The van der Waals surface area contributed by atoms with E-state index in [9.17, 15) is 4.79 Å². The maximum absolute atomic E-state index is 11.1. The number of carbonyl (C=O) groups is 1. The Morgan fingerprint density at radius 3 is 3.15 bits per heavy atom. The minimum atomic E-state index is -0.0415. The summed E-state index contributed by atoms with van der Waals surface area (Å²) in [4.78, 5) is 12.0. The Morgan fingerprint density at radius 1 is 1.54 bits per heavy atom. The Morgan fingerprint density at radius 2 is 2.38 bits per heavy atom. The normalized spacial score (nSPS) is 14.2. The first kappa shape index (κ1) is 8.14. The summed E-state index contributed by atoms with van der Waals surface area (Å²) in [7, 11) is 0. The number of nitrogens with zero attached hydrogens (tertiary/aromatic N) is 1. The number of fused-ring (bicyclic) bond motifs is 1. The van der Waals surface area contributed by atoms with Crippen LogP contribution in [0.5, 0.6) is 0 Å². The molecule has 0 saturated carbocycles. The van der Waals surface area contributed by atoms with Crippen molar-refractivity contribution in [1.82, 2.24) is 0 Å². The first-order chi connectivity index (χ1) is 6.31. The third-order valence-corrected chi connectivity index (χ3v) is 2.83. The van der Waals surface area contributed by atoms with Gasteiger partial charge in [-0.25, -0.2) is 0 Å². The van der Waals surface area contributed by atoms with Crippen molar-refractivity contribution in [2.75, 3.05) is 11.1 Å². The van der Waals surface area contributed by atoms with Gasteiger partial charge in [0.05, 0.1) is 17.0 Å². The standard InChI is InChI=1S/C9H6N2OS/c10-4-6-2-1-3-7-9(6)11-8(12)5-13-7/h1-3H,5H2,(H,11,12). The Bertz CT molecular complexity index is 409. The molecular formula is C9H6N2OS. The Labute approximate surface area is 79.7 Å². The van der Waals surface area contributed by atoms with E-state index in [1.54, 1.807) is 6.07 Å². The van der Waals surface area contributed by atoms with Crippen LogP contribution in [0.4, 0.5) is 5.69 Å². The molecule has 0 spiro atoms. The molecule has 4 heteroatoms. The lowest BCUT2D eigenvalue weighted by molar-refractivity contribution is -0.113. The zero-order chi connectivity index (χ0) is 9.26. The molecule has 1 aliphatic heterocycles. The highest BCUT2D eigenvalue weighted by molar-refractivity contribution is 8.00. The summed E-state index contributed by atoms with van der Waals surface area (Å²) in [6.07, 6.45) is 0. The maximum Gasteiger partial charge on any atom is 0.234 e. The largest absolute Gasteiger partial charge is 0.323 e. The van der Waals surface area contributed by atoms with E-state index in [-0.39, 0.29) is 5.91 Å². The Kier molecular flexibility index (Phi) is 1.95. The molecule has 0 radical (unpaired) electrons. The van der Waals surface area contributed by atoms with Crippen LogP contribution in [-0.2, 0) is 4.79 Å². The topological polar surface area (TPSA) is 52.9 Å². The average molecular weight is 190 g/mol. The van der Waals surface area contributed by atoms with E-state index >= 15 is 0 Å². The number of nitriles is 1. The quantitative estimate of drug-likeness (QED) is 0.676. The molecule has 1 heterocycles. The van der Waals surface area contributed by atoms with Crippen molar-refractivity contribution in [3.05, 3.63) is 23.8 Å². The third-order valence-electron chi connectivity index (χ3n) is 1.77. The minimum Gasteiger partial charge on any atom is -0.323 e. The Hall–Kier alpha value is -1.47. The lowest BCUT2D eigenvalue weighted by Gasteiger charge is -2.16. The number of hydrogen-bond acceptors (Lipinski definition) is 3. The van der Waals surface area contributed by atoms with Gasteiger partial charge in [0.2, 0.25) is 5.91 Å². The van der Waals surface area contributed by atoms with Gasteiger partial charge in [0, 0.05) is 4.90 Å². The molecule has 1 aliphatic rings. The summed E-state index contributed by atoms with van der Waals surface area (Å²) in [5.74, 6) is 0.391. The molecule has 0 fully saturated rings. The number of nitrogens with one attached hydrogen (secondary N) is 1. The number of benzene rings is 1. The van der Waals surface area contributed by atoms with Gasteiger partial charge in [-0.15, -0.1) is 11.8 Å². The number of hydrogen-bond donors (Lipinski definition) is 1. The molecule has 0 bridgehead atoms. The molecule has 1 N–H and O–H groups in total. The van der Waals surface area contributed by atoms with Crippen LogP contribution in [0.2, 0.25) is 0 Å². The molecule has 0 unspecified atom stereocenters. The fraction of sp³-hybridized carbons (Fsp3) is 0.111. The summed E-state index contributed by atoms with van der Waals surface area (Å²) in [6.45, 7) is 0. The second kappa shape index (κ2) is 3.11. The summed E-state index contributed by atoms with van der Waals surface area (Å²) >= 11 is 1.46. The second-order valence-electron chi connectivity index (χ2n) is 2.63. The first-order valence-electron chi connectivity index (χ1n) is 3.77. The van der Waals surface area contributed by atoms with Gasteiger partial charge in [-0.05, 0) is 12.1 Å². The van der Waals surface area contributed by atoms with Gasteiger partial charge >= 0.3 is 0 Å². The zero-order valence-electron chi connectivity index (χ0n) is 6.70. The fourth-order valence-electron chi connectivity index (χ4n) is 1.19. The van der Waals surface area contributed by atoms with Gasteiger partial charge in [0.15, 0.2) is 0 Å². The van der Waals surface area contributed by atoms with Crippen LogP contribution in [0.25, 0.3) is 0 Å². The predicted molar refractivity (Wildman–Crippen MR) is 50.5 cm³/mol. The van der Waals surface area contributed by atoms with Crippen LogP contribution in [0.3, 0.4) is 0 Å². The highest BCUT2D eigenvalue weighted by Crippen LogP contribution is 2.33. The molecule has 13 heavy (non-hydrogen) atoms. The van der Waals surface area contributed by atoms with E-state index in [4.69, 9.17) is 5.26 Å². The molecular weight excluding hydrogens is 184 g/mol. The number of thioether (sulfide) groups is 1. The van der Waals surface area contributed by atoms with Crippen molar-refractivity contribution in [2.24, 2.45) is 0 Å². The van der Waals surface area contributed by atoms with Crippen LogP contribution in [-0.4, -0.2) is 11.7 Å². The molecule has 2 rings (SSSR count). The van der Waals surface area contributed by atoms with Crippen molar-refractivity contribution in [3.8, 4) is 6.07 Å². The van der Waals surface area contributed by atoms with E-state index in [0.717, 1.165) is 4.90 Å². The van der Waals surface area contributed by atoms with Gasteiger partial charge in [-0.3, -0.25) is 4.79 Å². The lowest BCUT2D eigenvalue weighted by Crippen LogP contribution is -2.19. The van der Waals surface area contributed by atoms with Crippen LogP contribution in [0.15, 0.2) is 23.1 Å². The molecule has 3 nitrogen and oxygen atoms in total. The van der Waals surface area contributed by atoms with Crippen LogP contribution < -0.4 is 5.32 Å². The molecule has 0 atom stereocenters. The van der Waals surface area contributed by atoms with Gasteiger partial charge in [-0.2, -0.15) is 5.26 Å². The van der Waals surface area contributed by atoms with Gasteiger partial charge in [0.25, 0.3) is 0 Å². The maximum atomic E-state index is 11.1. The second-order valence-corrected chi connectivity index (χ2v) is 3.64. The predicted octanol–water partition coefficient (Wildman–Crippen LogP) is 1.60. The highest BCUT2D eigenvalue weighted by atomic mass is 32.2. The molecule has 64 valence electrons. The molecule has 0 saturated heterocycles. The third kappa shape index (κ3) is 1.38. The SMILES string of the molecule is N#Cc1cccc2c1NC(=O)CS2. The fourth-order valence-corrected chi connectivity index (χ4v) is 2.03. The summed E-state index contributed by atoms with van der Waals surface area (Å²) < 4.78 is 0. The molecule has 0 aromatic heterocycles. The summed E-state index contributed by atoms with van der Waals surface area (Å²) in [5.41, 5.74) is 1.18. The number of rotatable bonds is 0. The van der Waals surface area contributed by atoms with E-state index in [1.165, 1.54) is 11.8 Å². The monoisotopic (exact) mass is 190 g/mol. The summed E-state index contributed by atoms with van der Waals surface area (Å²) in [5, 5.41) is 11.5. The zero-order valence-corrected chi connectivity index (χ0v) is 7.52. The van der Waals surface area contributed by atoms with E-state index in [1.807, 2.05) is 18.2 Å². The minimum absolute atomic E-state index is 0.0415. The highest BCUT2D eigenvalue weighted by Gasteiger charge is 2.17. The number of anilines is 1. The molecule has 1 aromatic carbocycles.